The number of hydrogen-bond acceptors (Lipinski definition) is 9. The lowest BCUT2D eigenvalue weighted by atomic mass is 9.80. The van der Waals surface area contributed by atoms with Gasteiger partial charge in [-0.05, 0) is 42.7 Å². The molecule has 3 fully saturated rings. The molecule has 1 aliphatic heterocycles. The molecule has 2 saturated carbocycles. The molecule has 0 bridgehead atoms. The second-order valence-electron chi connectivity index (χ2n) is 12.6. The topological polar surface area (TPSA) is 129 Å². The number of ketones is 1. The van der Waals surface area contributed by atoms with E-state index >= 15 is 0 Å². The van der Waals surface area contributed by atoms with Gasteiger partial charge >= 0.3 is 17.9 Å². The predicted molar refractivity (Wildman–Crippen MR) is 135 cm³/mol. The lowest BCUT2D eigenvalue weighted by Gasteiger charge is -2.31. The molecule has 9 heteroatoms. The number of rotatable bonds is 5. The minimum absolute atomic E-state index is 0.225. The molecule has 0 radical (unpaired) electrons. The maximum atomic E-state index is 14.1. The SMILES string of the molecule is CCC(C)C(=O)O[C@@H]1[C@H]2[C@@H]([C@@H](OC(C)=O)[C@@H](C)C(=O)[C@@]34C[C@H](C)[C@H](O)[C@]3(/C=C(\C)[C@H]1OC(C)=O)O4)C2(C)C. The Bertz CT molecular complexity index is 1060. The minimum Gasteiger partial charge on any atom is -0.461 e. The van der Waals surface area contributed by atoms with Crippen LogP contribution in [0.15, 0.2) is 11.6 Å². The van der Waals surface area contributed by atoms with Crippen LogP contribution in [-0.2, 0) is 38.1 Å². The zero-order chi connectivity index (χ0) is 28.5. The van der Waals surface area contributed by atoms with Crippen molar-refractivity contribution in [3.05, 3.63) is 11.6 Å². The molecule has 9 nitrogen and oxygen atoms in total. The van der Waals surface area contributed by atoms with E-state index in [-0.39, 0.29) is 29.5 Å². The molecule has 1 N–H and O–H groups in total. The molecule has 11 atom stereocenters. The van der Waals surface area contributed by atoms with Crippen LogP contribution in [0.5, 0.6) is 0 Å². The van der Waals surface area contributed by atoms with Crippen LogP contribution in [0.1, 0.15) is 75.2 Å². The molecule has 1 saturated heterocycles. The summed E-state index contributed by atoms with van der Waals surface area (Å²) in [6.45, 7) is 15.6. The van der Waals surface area contributed by atoms with Crippen LogP contribution < -0.4 is 0 Å². The lowest BCUT2D eigenvalue weighted by Crippen LogP contribution is -2.43. The third-order valence-electron chi connectivity index (χ3n) is 9.58. The average molecular weight is 535 g/mol. The van der Waals surface area contributed by atoms with Crippen LogP contribution in [0.3, 0.4) is 0 Å². The smallest absolute Gasteiger partial charge is 0.309 e. The van der Waals surface area contributed by atoms with Crippen molar-refractivity contribution in [3.8, 4) is 0 Å². The molecular weight excluding hydrogens is 492 g/mol. The van der Waals surface area contributed by atoms with E-state index in [2.05, 4.69) is 0 Å². The summed E-state index contributed by atoms with van der Waals surface area (Å²) in [7, 11) is 0. The van der Waals surface area contributed by atoms with Gasteiger partial charge in [0.1, 0.15) is 12.2 Å². The number of ether oxygens (including phenoxy) is 4. The molecule has 0 aromatic carbocycles. The molecule has 1 heterocycles. The molecular formula is C29H42O9. The van der Waals surface area contributed by atoms with E-state index in [4.69, 9.17) is 18.9 Å². The molecule has 0 spiro atoms. The molecule has 4 aliphatic rings. The van der Waals surface area contributed by atoms with Gasteiger partial charge in [-0.1, -0.05) is 41.5 Å². The largest absolute Gasteiger partial charge is 0.461 e. The summed E-state index contributed by atoms with van der Waals surface area (Å²) in [5.41, 5.74) is -2.54. The van der Waals surface area contributed by atoms with Crippen LogP contribution in [0, 0.1) is 35.0 Å². The molecule has 4 rings (SSSR count). The summed E-state index contributed by atoms with van der Waals surface area (Å²) < 4.78 is 23.9. The number of Topliss-reactive ketones (excluding diaryl/α,β-unsaturated/α-hetero) is 1. The Morgan fingerprint density at radius 2 is 1.66 bits per heavy atom. The van der Waals surface area contributed by atoms with Gasteiger partial charge in [0, 0.05) is 25.7 Å². The maximum absolute atomic E-state index is 14.1. The highest BCUT2D eigenvalue weighted by Gasteiger charge is 2.82. The van der Waals surface area contributed by atoms with Gasteiger partial charge in [0.2, 0.25) is 0 Å². The average Bonchev–Trinajstić information content (AvgIpc) is 3.62. The van der Waals surface area contributed by atoms with Gasteiger partial charge in [-0.15, -0.1) is 0 Å². The van der Waals surface area contributed by atoms with E-state index in [1.54, 1.807) is 26.8 Å². The van der Waals surface area contributed by atoms with Crippen molar-refractivity contribution in [3.63, 3.8) is 0 Å². The third-order valence-corrected chi connectivity index (χ3v) is 9.58. The van der Waals surface area contributed by atoms with Crippen molar-refractivity contribution in [2.24, 2.45) is 35.0 Å². The van der Waals surface area contributed by atoms with E-state index in [1.165, 1.54) is 13.8 Å². The summed E-state index contributed by atoms with van der Waals surface area (Å²) >= 11 is 0. The first-order valence-corrected chi connectivity index (χ1v) is 13.7. The van der Waals surface area contributed by atoms with Crippen molar-refractivity contribution in [2.75, 3.05) is 0 Å². The van der Waals surface area contributed by atoms with E-state index in [0.717, 1.165) is 0 Å². The van der Waals surface area contributed by atoms with Gasteiger partial charge in [0.25, 0.3) is 0 Å². The Kier molecular flexibility index (Phi) is 7.14. The molecule has 0 aromatic heterocycles. The highest BCUT2D eigenvalue weighted by atomic mass is 16.7. The summed E-state index contributed by atoms with van der Waals surface area (Å²) in [5.74, 6) is -3.78. The summed E-state index contributed by atoms with van der Waals surface area (Å²) in [6.07, 6.45) is -1.07. The van der Waals surface area contributed by atoms with Crippen molar-refractivity contribution in [1.29, 1.82) is 0 Å². The zero-order valence-electron chi connectivity index (χ0n) is 23.9. The molecule has 0 amide bonds. The maximum Gasteiger partial charge on any atom is 0.309 e. The van der Waals surface area contributed by atoms with E-state index < -0.39 is 64.9 Å². The number of esters is 3. The van der Waals surface area contributed by atoms with Crippen molar-refractivity contribution in [2.45, 2.75) is 111 Å². The van der Waals surface area contributed by atoms with Gasteiger partial charge in [-0.25, -0.2) is 0 Å². The highest BCUT2D eigenvalue weighted by Crippen LogP contribution is 2.68. The number of aliphatic hydroxyl groups is 1. The van der Waals surface area contributed by atoms with E-state index in [0.29, 0.717) is 18.4 Å². The Labute approximate surface area is 224 Å². The second-order valence-corrected chi connectivity index (χ2v) is 12.6. The Hall–Kier alpha value is -2.26. The Balaban J connectivity index is 1.91. The summed E-state index contributed by atoms with van der Waals surface area (Å²) in [4.78, 5) is 51.8. The fraction of sp³-hybridized carbons (Fsp3) is 0.793. The standard InChI is InChI=1S/C29H42O9/c1-10-13(2)26(34)37-23-20-19(27(20,8)9)22(36-18(7)31)16(5)25(33)29-12-15(4)24(32)28(29,38-29)11-14(3)21(23)35-17(6)30/h11,13,15-16,19-24,32H,10,12H2,1-9H3/b14-11+/t13?,15-,16+,19-,20+,21+,22-,23+,24-,28-,29-/m0/s1. The Morgan fingerprint density at radius 3 is 2.21 bits per heavy atom. The first-order valence-electron chi connectivity index (χ1n) is 13.7. The van der Waals surface area contributed by atoms with E-state index in [9.17, 15) is 24.3 Å². The number of epoxide rings is 1. The molecule has 38 heavy (non-hydrogen) atoms. The van der Waals surface area contributed by atoms with Gasteiger partial charge in [0.15, 0.2) is 23.1 Å². The predicted octanol–water partition coefficient (Wildman–Crippen LogP) is 3.15. The number of hydrogen-bond donors (Lipinski definition) is 1. The van der Waals surface area contributed by atoms with Crippen LogP contribution >= 0.6 is 0 Å². The summed E-state index contributed by atoms with van der Waals surface area (Å²) in [6, 6.07) is 0. The number of fused-ring (bicyclic) bond motifs is 1. The first kappa shape index (κ1) is 28.7. The van der Waals surface area contributed by atoms with Crippen molar-refractivity contribution < 1.29 is 43.2 Å². The Morgan fingerprint density at radius 1 is 1.08 bits per heavy atom. The van der Waals surface area contributed by atoms with Crippen LogP contribution in [0.4, 0.5) is 0 Å². The monoisotopic (exact) mass is 534 g/mol. The molecule has 3 aliphatic carbocycles. The van der Waals surface area contributed by atoms with Gasteiger partial charge in [0.05, 0.1) is 17.9 Å². The second kappa shape index (κ2) is 9.44. The molecule has 1 unspecified atom stereocenters. The van der Waals surface area contributed by atoms with Crippen molar-refractivity contribution in [1.82, 2.24) is 0 Å². The van der Waals surface area contributed by atoms with Gasteiger partial charge < -0.3 is 24.1 Å². The fourth-order valence-corrected chi connectivity index (χ4v) is 7.25. The molecule has 0 aromatic rings. The quantitative estimate of drug-likeness (QED) is 0.245. The fourth-order valence-electron chi connectivity index (χ4n) is 7.25. The van der Waals surface area contributed by atoms with E-state index in [1.807, 2.05) is 27.7 Å². The normalized spacial score (nSPS) is 45.1. The molecule has 212 valence electrons. The zero-order valence-corrected chi connectivity index (χ0v) is 23.9. The number of carbonyl (C=O) groups excluding carboxylic acids is 4. The lowest BCUT2D eigenvalue weighted by molar-refractivity contribution is -0.170. The van der Waals surface area contributed by atoms with Gasteiger partial charge in [-0.3, -0.25) is 19.2 Å². The van der Waals surface area contributed by atoms with Crippen LogP contribution in [0.25, 0.3) is 0 Å². The van der Waals surface area contributed by atoms with Crippen molar-refractivity contribution >= 4 is 23.7 Å². The number of carbonyl (C=O) groups is 4. The first-order chi connectivity index (χ1) is 17.6. The van der Waals surface area contributed by atoms with Gasteiger partial charge in [-0.2, -0.15) is 0 Å². The minimum atomic E-state index is -1.30. The number of aliphatic hydroxyl groups excluding tert-OH is 1. The summed E-state index contributed by atoms with van der Waals surface area (Å²) in [5, 5.41) is 11.2. The third kappa shape index (κ3) is 4.21. The van der Waals surface area contributed by atoms with Crippen LogP contribution in [0.2, 0.25) is 0 Å². The highest BCUT2D eigenvalue weighted by molar-refractivity contribution is 5.96. The van der Waals surface area contributed by atoms with Crippen LogP contribution in [-0.4, -0.2) is 64.4 Å².